The van der Waals surface area contributed by atoms with Crippen molar-refractivity contribution in [3.63, 3.8) is 0 Å². The zero-order valence-corrected chi connectivity index (χ0v) is 15.7. The molecule has 25 heavy (non-hydrogen) atoms. The molecule has 0 amide bonds. The van der Waals surface area contributed by atoms with Crippen molar-refractivity contribution in [1.29, 1.82) is 0 Å². The van der Waals surface area contributed by atoms with Crippen LogP contribution >= 0.6 is 11.3 Å². The van der Waals surface area contributed by atoms with Gasteiger partial charge in [0.1, 0.15) is 5.76 Å². The molecule has 0 spiro atoms. The van der Waals surface area contributed by atoms with Gasteiger partial charge in [-0.05, 0) is 55.8 Å². The molecule has 1 unspecified atom stereocenters. The topological polar surface area (TPSA) is 31.7 Å². The van der Waals surface area contributed by atoms with Gasteiger partial charge in [-0.25, -0.2) is 0 Å². The van der Waals surface area contributed by atoms with E-state index >= 15 is 0 Å². The van der Waals surface area contributed by atoms with Crippen LogP contribution in [0.25, 0.3) is 0 Å². The lowest BCUT2D eigenvalue weighted by atomic mass is 10.00. The quantitative estimate of drug-likeness (QED) is 0.855. The second-order valence-corrected chi connectivity index (χ2v) is 8.48. The molecule has 0 radical (unpaired) electrons. The van der Waals surface area contributed by atoms with Gasteiger partial charge in [-0.1, -0.05) is 6.07 Å². The summed E-state index contributed by atoms with van der Waals surface area (Å²) in [7, 11) is 0. The molecule has 2 aliphatic heterocycles. The number of nitrogens with one attached hydrogen (secondary N) is 1. The number of thiophene rings is 1. The Hall–Kier alpha value is -1.14. The maximum atomic E-state index is 5.48. The average Bonchev–Trinajstić information content (AvgIpc) is 3.31. The first-order valence-electron chi connectivity index (χ1n) is 9.61. The van der Waals surface area contributed by atoms with Crippen molar-refractivity contribution in [3.8, 4) is 0 Å². The van der Waals surface area contributed by atoms with Crippen LogP contribution in [0.4, 0.5) is 0 Å². The van der Waals surface area contributed by atoms with Crippen molar-refractivity contribution < 1.29 is 4.42 Å². The molecule has 2 aromatic heterocycles. The van der Waals surface area contributed by atoms with E-state index in [9.17, 15) is 0 Å². The molecule has 1 N–H and O–H groups in total. The van der Waals surface area contributed by atoms with Gasteiger partial charge in [-0.2, -0.15) is 0 Å². The molecule has 0 saturated carbocycles. The van der Waals surface area contributed by atoms with E-state index in [0.29, 0.717) is 12.1 Å². The summed E-state index contributed by atoms with van der Waals surface area (Å²) in [5, 5.41) is 6.14. The van der Waals surface area contributed by atoms with Gasteiger partial charge in [0.2, 0.25) is 0 Å². The maximum absolute atomic E-state index is 5.48. The van der Waals surface area contributed by atoms with Crippen LogP contribution in [0, 0.1) is 0 Å². The molecule has 4 heterocycles. The number of nitrogens with zero attached hydrogens (tertiary/aromatic N) is 2. The highest BCUT2D eigenvalue weighted by Gasteiger charge is 2.25. The number of likely N-dealkylation sites (tertiary alicyclic amines) is 2. The largest absolute Gasteiger partial charge is 0.468 e. The van der Waals surface area contributed by atoms with Crippen LogP contribution in [0.2, 0.25) is 0 Å². The molecule has 4 nitrogen and oxygen atoms in total. The summed E-state index contributed by atoms with van der Waals surface area (Å²) in [6.45, 7) is 6.87. The number of hydrogen-bond acceptors (Lipinski definition) is 5. The number of piperidine rings is 2. The Bertz CT molecular complexity index is 605. The zero-order valence-electron chi connectivity index (χ0n) is 14.9. The van der Waals surface area contributed by atoms with Crippen LogP contribution in [-0.4, -0.2) is 48.1 Å². The van der Waals surface area contributed by atoms with E-state index in [4.69, 9.17) is 4.42 Å². The fraction of sp³-hybridized carbons (Fsp3) is 0.600. The summed E-state index contributed by atoms with van der Waals surface area (Å²) in [6, 6.07) is 9.82. The van der Waals surface area contributed by atoms with E-state index in [2.05, 4.69) is 38.7 Å². The van der Waals surface area contributed by atoms with E-state index in [-0.39, 0.29) is 0 Å². The molecule has 0 aromatic carbocycles. The minimum Gasteiger partial charge on any atom is -0.468 e. The molecular weight excluding hydrogens is 330 g/mol. The van der Waals surface area contributed by atoms with Crippen LogP contribution < -0.4 is 5.32 Å². The van der Waals surface area contributed by atoms with Crippen molar-refractivity contribution in [2.24, 2.45) is 0 Å². The Balaban J connectivity index is 1.20. The fourth-order valence-electron chi connectivity index (χ4n) is 4.17. The van der Waals surface area contributed by atoms with E-state index in [0.717, 1.165) is 18.8 Å². The molecule has 2 saturated heterocycles. The minimum absolute atomic E-state index is 0.662. The molecular formula is C20H29N3OS. The molecule has 2 aliphatic rings. The highest BCUT2D eigenvalue weighted by atomic mass is 32.1. The summed E-state index contributed by atoms with van der Waals surface area (Å²) >= 11 is 1.88. The predicted molar refractivity (Wildman–Crippen MR) is 103 cm³/mol. The highest BCUT2D eigenvalue weighted by Crippen LogP contribution is 2.19. The van der Waals surface area contributed by atoms with Crippen LogP contribution in [-0.2, 0) is 13.1 Å². The van der Waals surface area contributed by atoms with Crippen molar-refractivity contribution in [1.82, 2.24) is 15.1 Å². The Labute approximate surface area is 154 Å². The number of hydrogen-bond donors (Lipinski definition) is 1. The normalized spacial score (nSPS) is 23.9. The van der Waals surface area contributed by atoms with E-state index < -0.39 is 0 Å². The Morgan fingerprint density at radius 2 is 1.92 bits per heavy atom. The van der Waals surface area contributed by atoms with Crippen molar-refractivity contribution in [2.75, 3.05) is 26.2 Å². The average molecular weight is 360 g/mol. The highest BCUT2D eigenvalue weighted by molar-refractivity contribution is 7.09. The van der Waals surface area contributed by atoms with Crippen LogP contribution in [0.3, 0.4) is 0 Å². The molecule has 5 heteroatoms. The molecule has 4 rings (SSSR count). The Kier molecular flexibility index (Phi) is 5.87. The first kappa shape index (κ1) is 17.3. The monoisotopic (exact) mass is 359 g/mol. The van der Waals surface area contributed by atoms with Gasteiger partial charge in [0.25, 0.3) is 0 Å². The third-order valence-corrected chi connectivity index (χ3v) is 6.34. The number of furan rings is 1. The standard InChI is InChI=1S/C20H29N3OS/c1-4-18(14-23(9-1)16-20-6-3-13-25-20)21-17-7-10-22(11-8-17)15-19-5-2-12-24-19/h2-3,5-6,12-13,17-18,21H,1,4,7-11,14-16H2. The van der Waals surface area contributed by atoms with Crippen molar-refractivity contribution in [2.45, 2.75) is 50.9 Å². The van der Waals surface area contributed by atoms with Crippen molar-refractivity contribution >= 4 is 11.3 Å². The molecule has 0 aliphatic carbocycles. The van der Waals surface area contributed by atoms with Crippen LogP contribution in [0.1, 0.15) is 36.3 Å². The van der Waals surface area contributed by atoms with Gasteiger partial charge in [0.05, 0.1) is 12.8 Å². The second kappa shape index (κ2) is 8.49. The van der Waals surface area contributed by atoms with Gasteiger partial charge in [0, 0.05) is 43.1 Å². The first-order valence-corrected chi connectivity index (χ1v) is 10.5. The van der Waals surface area contributed by atoms with E-state index in [1.165, 1.54) is 56.7 Å². The summed E-state index contributed by atoms with van der Waals surface area (Å²) in [5.74, 6) is 1.09. The maximum Gasteiger partial charge on any atom is 0.117 e. The molecule has 2 fully saturated rings. The summed E-state index contributed by atoms with van der Waals surface area (Å²) in [4.78, 5) is 6.63. The van der Waals surface area contributed by atoms with Crippen LogP contribution in [0.15, 0.2) is 40.3 Å². The van der Waals surface area contributed by atoms with Gasteiger partial charge >= 0.3 is 0 Å². The van der Waals surface area contributed by atoms with Gasteiger partial charge in [-0.15, -0.1) is 11.3 Å². The second-order valence-electron chi connectivity index (χ2n) is 7.45. The lowest BCUT2D eigenvalue weighted by Gasteiger charge is -2.38. The summed E-state index contributed by atoms with van der Waals surface area (Å²) in [5.41, 5.74) is 0. The van der Waals surface area contributed by atoms with Gasteiger partial charge < -0.3 is 9.73 Å². The molecule has 136 valence electrons. The fourth-order valence-corrected chi connectivity index (χ4v) is 4.92. The lowest BCUT2D eigenvalue weighted by molar-refractivity contribution is 0.143. The lowest BCUT2D eigenvalue weighted by Crippen LogP contribution is -2.51. The predicted octanol–water partition coefficient (Wildman–Crippen LogP) is 3.56. The summed E-state index contributed by atoms with van der Waals surface area (Å²) < 4.78 is 5.48. The third kappa shape index (κ3) is 4.94. The minimum atomic E-state index is 0.662. The van der Waals surface area contributed by atoms with E-state index in [1.807, 2.05) is 17.4 Å². The summed E-state index contributed by atoms with van der Waals surface area (Å²) in [6.07, 6.45) is 6.92. The number of rotatable bonds is 6. The zero-order chi connectivity index (χ0) is 16.9. The van der Waals surface area contributed by atoms with E-state index in [1.54, 1.807) is 6.26 Å². The first-order chi connectivity index (χ1) is 12.3. The molecule has 1 atom stereocenters. The van der Waals surface area contributed by atoms with Crippen molar-refractivity contribution in [3.05, 3.63) is 46.5 Å². The van der Waals surface area contributed by atoms with Gasteiger partial charge in [0.15, 0.2) is 0 Å². The molecule has 0 bridgehead atoms. The Morgan fingerprint density at radius 3 is 2.68 bits per heavy atom. The molecule has 2 aromatic rings. The SMILES string of the molecule is c1coc(CN2CCC(NC3CCCN(Cc4cccs4)C3)CC2)c1. The van der Waals surface area contributed by atoms with Crippen LogP contribution in [0.5, 0.6) is 0 Å². The smallest absolute Gasteiger partial charge is 0.117 e. The van der Waals surface area contributed by atoms with Gasteiger partial charge in [-0.3, -0.25) is 9.80 Å². The third-order valence-electron chi connectivity index (χ3n) is 5.48. The Morgan fingerprint density at radius 1 is 1.00 bits per heavy atom.